The highest BCUT2D eigenvalue weighted by Crippen LogP contribution is 2.36. The molecule has 242 valence electrons. The molecule has 44 heavy (non-hydrogen) atoms. The number of aliphatic hydroxyl groups is 4. The Morgan fingerprint density at radius 3 is 2.61 bits per heavy atom. The van der Waals surface area contributed by atoms with E-state index in [-0.39, 0.29) is 42.5 Å². The molecule has 3 saturated heterocycles. The average molecular weight is 627 g/mol. The van der Waals surface area contributed by atoms with Crippen LogP contribution in [0.4, 0.5) is 10.6 Å². The molecule has 0 radical (unpaired) electrons. The summed E-state index contributed by atoms with van der Waals surface area (Å²) in [5.41, 5.74) is 0.158. The first-order valence-electron chi connectivity index (χ1n) is 13.9. The van der Waals surface area contributed by atoms with Crippen molar-refractivity contribution in [1.82, 2.24) is 24.8 Å². The number of aromatic nitrogens is 4. The van der Waals surface area contributed by atoms with Crippen molar-refractivity contribution >= 4 is 35.0 Å². The van der Waals surface area contributed by atoms with Crippen molar-refractivity contribution in [2.75, 3.05) is 11.9 Å². The van der Waals surface area contributed by atoms with E-state index in [1.165, 1.54) is 17.8 Å². The molecule has 3 fully saturated rings. The highest BCUT2D eigenvalue weighted by atomic mass is 16.8. The Bertz CT molecular complexity index is 1360. The van der Waals surface area contributed by atoms with Crippen molar-refractivity contribution in [2.45, 2.75) is 101 Å². The van der Waals surface area contributed by atoms with E-state index >= 15 is 0 Å². The molecule has 19 nitrogen and oxygen atoms in total. The SMILES string of the molecule is C[C@@H](CCC(=O)O[C@H](C)[C@H](NC(=O)Nc1ncnc2c1ncn2[C@@H]1OC[C@@H](O)C(O)[C@@H]1O)C(=O)O)O[C@H]1OC2O[C@H]2C[C@H]1O. The summed E-state index contributed by atoms with van der Waals surface area (Å²) in [4.78, 5) is 49.3. The molecule has 5 heterocycles. The number of amides is 2. The van der Waals surface area contributed by atoms with Crippen LogP contribution >= 0.6 is 0 Å². The molecule has 2 amide bonds. The number of carboxylic acids is 1. The highest BCUT2D eigenvalue weighted by molar-refractivity contribution is 5.97. The van der Waals surface area contributed by atoms with Crippen LogP contribution in [0.15, 0.2) is 12.7 Å². The second-order valence-electron chi connectivity index (χ2n) is 10.8. The number of urea groups is 1. The molecular formula is C25H34N6O13. The summed E-state index contributed by atoms with van der Waals surface area (Å²) < 4.78 is 28.3. The summed E-state index contributed by atoms with van der Waals surface area (Å²) in [6.07, 6.45) is -6.71. The number of nitrogens with zero attached hydrogens (tertiary/aromatic N) is 4. The Morgan fingerprint density at radius 1 is 1.09 bits per heavy atom. The maximum absolute atomic E-state index is 12.8. The van der Waals surface area contributed by atoms with Crippen molar-refractivity contribution in [3.63, 3.8) is 0 Å². The number of carbonyl (C=O) groups excluding carboxylic acids is 2. The minimum Gasteiger partial charge on any atom is -0.480 e. The molecule has 7 N–H and O–H groups in total. The van der Waals surface area contributed by atoms with E-state index in [1.54, 1.807) is 6.92 Å². The Hall–Kier alpha value is -3.56. The third kappa shape index (κ3) is 7.05. The average Bonchev–Trinajstić information content (AvgIpc) is 3.58. The van der Waals surface area contributed by atoms with E-state index in [4.69, 9.17) is 23.7 Å². The largest absolute Gasteiger partial charge is 0.480 e. The van der Waals surface area contributed by atoms with Gasteiger partial charge in [0, 0.05) is 12.8 Å². The number of aliphatic carboxylic acids is 1. The molecule has 0 bridgehead atoms. The lowest BCUT2D eigenvalue weighted by molar-refractivity contribution is -0.239. The number of fused-ring (bicyclic) bond motifs is 2. The van der Waals surface area contributed by atoms with Gasteiger partial charge in [-0.2, -0.15) is 0 Å². The number of epoxide rings is 1. The normalized spacial score (nSPS) is 31.8. The topological polar surface area (TPSA) is 269 Å². The lowest BCUT2D eigenvalue weighted by Gasteiger charge is -2.35. The minimum absolute atomic E-state index is 0.0531. The van der Waals surface area contributed by atoms with Crippen LogP contribution in [0.2, 0.25) is 0 Å². The van der Waals surface area contributed by atoms with E-state index in [9.17, 15) is 39.9 Å². The molecule has 0 aromatic carbocycles. The molecule has 5 rings (SSSR count). The monoisotopic (exact) mass is 626 g/mol. The standard InChI is InChI=1S/C25H34N6O13/c1-9(41-23-11(32)5-13-24(43-13)44-23)3-4-14(34)42-10(2)15(22(37)38)29-25(39)30-19-16-20(27-7-26-19)31(8-28-16)21-18(36)17(35)12(33)6-40-21/h7-13,15,17-18,21,23-24,32-33,35-36H,3-6H2,1-2H3,(H,37,38)(H2,26,27,29,30,39)/t9-,10+,11+,12+,13-,15-,17?,18-,21+,23-,24?/m0/s1. The number of hydrogen-bond donors (Lipinski definition) is 7. The minimum atomic E-state index is -1.64. The third-order valence-corrected chi connectivity index (χ3v) is 7.39. The zero-order valence-corrected chi connectivity index (χ0v) is 23.6. The van der Waals surface area contributed by atoms with Gasteiger partial charge < -0.3 is 54.5 Å². The van der Waals surface area contributed by atoms with Crippen molar-refractivity contribution in [3.8, 4) is 0 Å². The van der Waals surface area contributed by atoms with Crippen LogP contribution in [0.1, 0.15) is 39.3 Å². The molecule has 19 heteroatoms. The number of carboxylic acid groups (broad SMARTS) is 1. The van der Waals surface area contributed by atoms with Gasteiger partial charge >= 0.3 is 18.0 Å². The molecule has 0 aliphatic carbocycles. The van der Waals surface area contributed by atoms with Gasteiger partial charge in [0.25, 0.3) is 0 Å². The predicted octanol–water partition coefficient (Wildman–Crippen LogP) is -2.04. The van der Waals surface area contributed by atoms with Gasteiger partial charge in [0.15, 0.2) is 41.8 Å². The number of aliphatic hydroxyl groups excluding tert-OH is 4. The van der Waals surface area contributed by atoms with Gasteiger partial charge in [0.2, 0.25) is 0 Å². The maximum Gasteiger partial charge on any atom is 0.330 e. The first-order valence-corrected chi connectivity index (χ1v) is 13.9. The summed E-state index contributed by atoms with van der Waals surface area (Å²) in [7, 11) is 0. The van der Waals surface area contributed by atoms with Gasteiger partial charge in [-0.25, -0.2) is 24.5 Å². The number of ether oxygens (including phenoxy) is 5. The lowest BCUT2D eigenvalue weighted by Crippen LogP contribution is -2.50. The second kappa shape index (κ2) is 13.2. The van der Waals surface area contributed by atoms with Crippen LogP contribution in [0.5, 0.6) is 0 Å². The fourth-order valence-electron chi connectivity index (χ4n) is 4.89. The molecule has 3 aliphatic rings. The number of anilines is 1. The van der Waals surface area contributed by atoms with Crippen molar-refractivity contribution < 1.29 is 63.6 Å². The molecular weight excluding hydrogens is 592 g/mol. The Labute approximate surface area is 249 Å². The quantitative estimate of drug-likeness (QED) is 0.105. The molecule has 2 unspecified atom stereocenters. The second-order valence-corrected chi connectivity index (χ2v) is 10.8. The maximum atomic E-state index is 12.8. The summed E-state index contributed by atoms with van der Waals surface area (Å²) >= 11 is 0. The molecule has 0 saturated carbocycles. The van der Waals surface area contributed by atoms with Crippen molar-refractivity contribution in [2.24, 2.45) is 0 Å². The first-order chi connectivity index (χ1) is 20.9. The van der Waals surface area contributed by atoms with Gasteiger partial charge in [0.1, 0.15) is 43.0 Å². The van der Waals surface area contributed by atoms with Crippen LogP contribution in [0.3, 0.4) is 0 Å². The molecule has 2 aromatic heterocycles. The third-order valence-electron chi connectivity index (χ3n) is 7.39. The lowest BCUT2D eigenvalue weighted by atomic mass is 10.0. The van der Waals surface area contributed by atoms with Gasteiger partial charge in [0.05, 0.1) is 19.0 Å². The fraction of sp³-hybridized carbons (Fsp3) is 0.680. The summed E-state index contributed by atoms with van der Waals surface area (Å²) in [6.45, 7) is 2.73. The number of nitrogens with one attached hydrogen (secondary N) is 2. The van der Waals surface area contributed by atoms with E-state index in [2.05, 4.69) is 25.6 Å². The van der Waals surface area contributed by atoms with E-state index in [0.717, 1.165) is 6.33 Å². The van der Waals surface area contributed by atoms with Gasteiger partial charge in [-0.3, -0.25) is 14.7 Å². The van der Waals surface area contributed by atoms with Crippen LogP contribution in [0, 0.1) is 0 Å². The first kappa shape index (κ1) is 31.9. The molecule has 3 aliphatic heterocycles. The zero-order chi connectivity index (χ0) is 31.7. The van der Waals surface area contributed by atoms with Crippen LogP contribution in [0.25, 0.3) is 11.2 Å². The fourth-order valence-corrected chi connectivity index (χ4v) is 4.89. The van der Waals surface area contributed by atoms with Gasteiger partial charge in [-0.1, -0.05) is 0 Å². The number of carbonyl (C=O) groups is 3. The number of hydrogen-bond acceptors (Lipinski definition) is 15. The Kier molecular flexibility index (Phi) is 9.56. The van der Waals surface area contributed by atoms with Crippen LogP contribution in [-0.2, 0) is 33.3 Å². The van der Waals surface area contributed by atoms with Gasteiger partial charge in [-0.15, -0.1) is 0 Å². The van der Waals surface area contributed by atoms with Crippen LogP contribution in [-0.4, -0.2) is 131 Å². The van der Waals surface area contributed by atoms with Crippen molar-refractivity contribution in [1.29, 1.82) is 0 Å². The summed E-state index contributed by atoms with van der Waals surface area (Å²) in [5, 5.41) is 54.4. The Balaban J connectivity index is 1.14. The summed E-state index contributed by atoms with van der Waals surface area (Å²) in [5.74, 6) is -2.32. The van der Waals surface area contributed by atoms with E-state index < -0.39 is 79.4 Å². The zero-order valence-electron chi connectivity index (χ0n) is 23.6. The molecule has 0 spiro atoms. The van der Waals surface area contributed by atoms with Crippen molar-refractivity contribution in [3.05, 3.63) is 12.7 Å². The number of rotatable bonds is 11. The highest BCUT2D eigenvalue weighted by Gasteiger charge is 2.50. The van der Waals surface area contributed by atoms with Gasteiger partial charge in [-0.05, 0) is 20.3 Å². The summed E-state index contributed by atoms with van der Waals surface area (Å²) in [6, 6.07) is -2.64. The molecule has 11 atom stereocenters. The van der Waals surface area contributed by atoms with E-state index in [0.29, 0.717) is 6.42 Å². The number of imidazole rings is 1. The Morgan fingerprint density at radius 2 is 1.86 bits per heavy atom. The van der Waals surface area contributed by atoms with E-state index in [1.807, 2.05) is 0 Å². The molecule has 2 aromatic rings. The predicted molar refractivity (Wildman–Crippen MR) is 141 cm³/mol. The van der Waals surface area contributed by atoms with Crippen LogP contribution < -0.4 is 10.6 Å². The number of esters is 1. The smallest absolute Gasteiger partial charge is 0.330 e.